The third kappa shape index (κ3) is 2.85. The van der Waals surface area contributed by atoms with Crippen molar-refractivity contribution in [3.8, 4) is 0 Å². The number of hydrogen-bond donors (Lipinski definition) is 2. The van der Waals surface area contributed by atoms with E-state index >= 15 is 0 Å². The number of nitrogens with one attached hydrogen (secondary N) is 1. The molecule has 7 heteroatoms. The molecule has 0 saturated carbocycles. The molecule has 2 N–H and O–H groups in total. The number of carbonyl (C=O) groups is 2. The molecular formula is C11H15N3O3S. The maximum atomic E-state index is 12.1. The van der Waals surface area contributed by atoms with Gasteiger partial charge in [0.25, 0.3) is 5.91 Å². The SMILES string of the molecule is CC(=O)Nc1nc(C(=O)N2CCC(CO)C2)cs1. The van der Waals surface area contributed by atoms with Crippen LogP contribution in [0, 0.1) is 5.92 Å². The van der Waals surface area contributed by atoms with Gasteiger partial charge in [0.15, 0.2) is 5.13 Å². The zero-order chi connectivity index (χ0) is 13.1. The van der Waals surface area contributed by atoms with Crippen molar-refractivity contribution in [2.75, 3.05) is 25.0 Å². The predicted octanol–water partition coefficient (Wildman–Crippen LogP) is 0.556. The number of likely N-dealkylation sites (tertiary alicyclic amines) is 1. The number of aliphatic hydroxyl groups excluding tert-OH is 1. The first kappa shape index (κ1) is 13.0. The highest BCUT2D eigenvalue weighted by Gasteiger charge is 2.27. The Hall–Kier alpha value is -1.47. The number of rotatable bonds is 3. The van der Waals surface area contributed by atoms with Crippen LogP contribution in [-0.4, -0.2) is 46.5 Å². The van der Waals surface area contributed by atoms with Crippen LogP contribution in [0.5, 0.6) is 0 Å². The van der Waals surface area contributed by atoms with Gasteiger partial charge in [-0.05, 0) is 6.42 Å². The maximum absolute atomic E-state index is 12.1. The largest absolute Gasteiger partial charge is 0.396 e. The number of carbonyl (C=O) groups excluding carboxylic acids is 2. The summed E-state index contributed by atoms with van der Waals surface area (Å²) in [7, 11) is 0. The summed E-state index contributed by atoms with van der Waals surface area (Å²) in [4.78, 5) is 28.7. The Morgan fingerprint density at radius 3 is 3.06 bits per heavy atom. The zero-order valence-corrected chi connectivity index (χ0v) is 10.9. The number of aromatic nitrogens is 1. The van der Waals surface area contributed by atoms with Crippen LogP contribution in [0.15, 0.2) is 5.38 Å². The molecule has 0 bridgehead atoms. The fourth-order valence-electron chi connectivity index (χ4n) is 1.91. The lowest BCUT2D eigenvalue weighted by Gasteiger charge is -2.14. The topological polar surface area (TPSA) is 82.5 Å². The highest BCUT2D eigenvalue weighted by atomic mass is 32.1. The molecule has 2 amide bonds. The summed E-state index contributed by atoms with van der Waals surface area (Å²) in [6, 6.07) is 0. The van der Waals surface area contributed by atoms with Crippen molar-refractivity contribution in [3.05, 3.63) is 11.1 Å². The molecular weight excluding hydrogens is 254 g/mol. The highest BCUT2D eigenvalue weighted by molar-refractivity contribution is 7.14. The molecule has 1 atom stereocenters. The van der Waals surface area contributed by atoms with Gasteiger partial charge in [0.1, 0.15) is 5.69 Å². The molecule has 98 valence electrons. The average molecular weight is 269 g/mol. The van der Waals surface area contributed by atoms with Crippen LogP contribution >= 0.6 is 11.3 Å². The molecule has 1 unspecified atom stereocenters. The van der Waals surface area contributed by atoms with Crippen molar-refractivity contribution < 1.29 is 14.7 Å². The van der Waals surface area contributed by atoms with Crippen molar-refractivity contribution in [1.29, 1.82) is 0 Å². The van der Waals surface area contributed by atoms with E-state index in [0.29, 0.717) is 23.9 Å². The number of hydrogen-bond acceptors (Lipinski definition) is 5. The fraction of sp³-hybridized carbons (Fsp3) is 0.545. The van der Waals surface area contributed by atoms with Gasteiger partial charge in [-0.25, -0.2) is 4.98 Å². The van der Waals surface area contributed by atoms with Gasteiger partial charge in [-0.3, -0.25) is 9.59 Å². The van der Waals surface area contributed by atoms with Crippen LogP contribution in [0.1, 0.15) is 23.8 Å². The molecule has 0 aliphatic carbocycles. The smallest absolute Gasteiger partial charge is 0.273 e. The minimum atomic E-state index is -0.204. The van der Waals surface area contributed by atoms with Gasteiger partial charge in [0.05, 0.1) is 0 Å². The van der Waals surface area contributed by atoms with E-state index < -0.39 is 0 Å². The molecule has 0 spiro atoms. The molecule has 18 heavy (non-hydrogen) atoms. The van der Waals surface area contributed by atoms with Crippen LogP contribution in [0.4, 0.5) is 5.13 Å². The van der Waals surface area contributed by atoms with Gasteiger partial charge in [-0.1, -0.05) is 0 Å². The second-order valence-corrected chi connectivity index (χ2v) is 5.17. The first-order valence-corrected chi connectivity index (χ1v) is 6.61. The molecule has 0 aromatic carbocycles. The van der Waals surface area contributed by atoms with Crippen molar-refractivity contribution in [2.45, 2.75) is 13.3 Å². The standard InChI is InChI=1S/C11H15N3O3S/c1-7(16)12-11-13-9(6-18-11)10(17)14-3-2-8(4-14)5-15/h6,8,15H,2-5H2,1H3,(H,12,13,16). The Morgan fingerprint density at radius 2 is 2.44 bits per heavy atom. The number of thiazole rings is 1. The number of aliphatic hydroxyl groups is 1. The first-order chi connectivity index (χ1) is 8.60. The molecule has 1 aromatic rings. The number of amides is 2. The Morgan fingerprint density at radius 1 is 1.67 bits per heavy atom. The lowest BCUT2D eigenvalue weighted by molar-refractivity contribution is -0.114. The van der Waals surface area contributed by atoms with Crippen molar-refractivity contribution in [3.63, 3.8) is 0 Å². The molecule has 2 rings (SSSR count). The van der Waals surface area contributed by atoms with Gasteiger partial charge in [0.2, 0.25) is 5.91 Å². The molecule has 1 aromatic heterocycles. The third-order valence-corrected chi connectivity index (χ3v) is 3.60. The van der Waals surface area contributed by atoms with Gasteiger partial charge in [0, 0.05) is 37.9 Å². The minimum absolute atomic E-state index is 0.109. The molecule has 1 aliphatic heterocycles. The van der Waals surface area contributed by atoms with Crippen LogP contribution in [0.3, 0.4) is 0 Å². The van der Waals surface area contributed by atoms with Gasteiger partial charge >= 0.3 is 0 Å². The summed E-state index contributed by atoms with van der Waals surface area (Å²) in [5, 5.41) is 13.7. The quantitative estimate of drug-likeness (QED) is 0.839. The Balaban J connectivity index is 2.01. The van der Waals surface area contributed by atoms with Gasteiger partial charge < -0.3 is 15.3 Å². The van der Waals surface area contributed by atoms with Crippen molar-refractivity contribution >= 4 is 28.3 Å². The van der Waals surface area contributed by atoms with E-state index in [4.69, 9.17) is 5.11 Å². The van der Waals surface area contributed by atoms with E-state index in [1.165, 1.54) is 18.3 Å². The summed E-state index contributed by atoms with van der Waals surface area (Å²) in [5.74, 6) is -0.175. The molecule has 1 saturated heterocycles. The number of nitrogens with zero attached hydrogens (tertiary/aromatic N) is 2. The molecule has 1 aliphatic rings. The van der Waals surface area contributed by atoms with Gasteiger partial charge in [-0.2, -0.15) is 0 Å². The van der Waals surface area contributed by atoms with Crippen molar-refractivity contribution in [1.82, 2.24) is 9.88 Å². The zero-order valence-electron chi connectivity index (χ0n) is 10.0. The van der Waals surface area contributed by atoms with Crippen LogP contribution in [0.25, 0.3) is 0 Å². The molecule has 6 nitrogen and oxygen atoms in total. The van der Waals surface area contributed by atoms with Crippen LogP contribution < -0.4 is 5.32 Å². The summed E-state index contributed by atoms with van der Waals surface area (Å²) in [6.07, 6.45) is 0.824. The molecule has 0 radical (unpaired) electrons. The Bertz CT molecular complexity index is 460. The van der Waals surface area contributed by atoms with Crippen LogP contribution in [-0.2, 0) is 4.79 Å². The third-order valence-electron chi connectivity index (χ3n) is 2.84. The second kappa shape index (κ2) is 5.45. The van der Waals surface area contributed by atoms with E-state index in [1.807, 2.05) is 0 Å². The fourth-order valence-corrected chi connectivity index (χ4v) is 2.64. The average Bonchev–Trinajstić information content (AvgIpc) is 2.95. The van der Waals surface area contributed by atoms with Crippen molar-refractivity contribution in [2.24, 2.45) is 5.92 Å². The molecule has 1 fully saturated rings. The summed E-state index contributed by atoms with van der Waals surface area (Å²) in [5.41, 5.74) is 0.349. The van der Waals surface area contributed by atoms with E-state index in [0.717, 1.165) is 6.42 Å². The Kier molecular flexibility index (Phi) is 3.93. The highest BCUT2D eigenvalue weighted by Crippen LogP contribution is 2.21. The van der Waals surface area contributed by atoms with E-state index in [2.05, 4.69) is 10.3 Å². The van der Waals surface area contributed by atoms with E-state index in [1.54, 1.807) is 10.3 Å². The Labute approximate surface area is 109 Å². The molecule has 2 heterocycles. The monoisotopic (exact) mass is 269 g/mol. The van der Waals surface area contributed by atoms with E-state index in [-0.39, 0.29) is 24.3 Å². The predicted molar refractivity (Wildman–Crippen MR) is 67.5 cm³/mol. The summed E-state index contributed by atoms with van der Waals surface area (Å²) >= 11 is 1.23. The second-order valence-electron chi connectivity index (χ2n) is 4.31. The lowest BCUT2D eigenvalue weighted by Crippen LogP contribution is -2.29. The normalized spacial score (nSPS) is 19.0. The lowest BCUT2D eigenvalue weighted by atomic mass is 10.1. The summed E-state index contributed by atoms with van der Waals surface area (Å²) in [6.45, 7) is 2.73. The van der Waals surface area contributed by atoms with Gasteiger partial charge in [-0.15, -0.1) is 11.3 Å². The maximum Gasteiger partial charge on any atom is 0.273 e. The number of anilines is 1. The summed E-state index contributed by atoms with van der Waals surface area (Å²) < 4.78 is 0. The van der Waals surface area contributed by atoms with Crippen LogP contribution in [0.2, 0.25) is 0 Å². The minimum Gasteiger partial charge on any atom is -0.396 e. The van der Waals surface area contributed by atoms with E-state index in [9.17, 15) is 9.59 Å². The first-order valence-electron chi connectivity index (χ1n) is 5.73.